The van der Waals surface area contributed by atoms with Crippen molar-refractivity contribution in [1.82, 2.24) is 0 Å². The number of thiophene rings is 1. The Morgan fingerprint density at radius 3 is 2.76 bits per heavy atom. The molecule has 0 aliphatic heterocycles. The number of carboxylic acid groups (broad SMARTS) is 1. The molecule has 0 bridgehead atoms. The molecule has 1 aromatic heterocycles. The summed E-state index contributed by atoms with van der Waals surface area (Å²) in [5, 5.41) is 10.7. The van der Waals surface area contributed by atoms with Crippen molar-refractivity contribution in [3.05, 3.63) is 58.0 Å². The zero-order chi connectivity index (χ0) is 15.4. The van der Waals surface area contributed by atoms with Gasteiger partial charge < -0.3 is 10.0 Å². The van der Waals surface area contributed by atoms with Gasteiger partial charge in [-0.1, -0.05) is 18.2 Å². The highest BCUT2D eigenvalue weighted by atomic mass is 32.1. The van der Waals surface area contributed by atoms with E-state index in [2.05, 4.69) is 0 Å². The number of hydrogen-bond acceptors (Lipinski definition) is 3. The fourth-order valence-corrected chi connectivity index (χ4v) is 2.94. The molecule has 21 heavy (non-hydrogen) atoms. The van der Waals surface area contributed by atoms with E-state index in [0.717, 1.165) is 11.0 Å². The molecule has 0 fully saturated rings. The molecule has 0 saturated heterocycles. The molecular weight excluding hydrogens is 289 g/mol. The van der Waals surface area contributed by atoms with Gasteiger partial charge in [-0.3, -0.25) is 0 Å². The minimum atomic E-state index is -1.06. The molecule has 0 aliphatic carbocycles. The maximum absolute atomic E-state index is 14.2. The van der Waals surface area contributed by atoms with Crippen LogP contribution in [0.5, 0.6) is 0 Å². The van der Waals surface area contributed by atoms with Gasteiger partial charge in [0.25, 0.3) is 0 Å². The fraction of sp³-hybridized carbons (Fsp3) is 0.188. The van der Waals surface area contributed by atoms with E-state index in [1.54, 1.807) is 30.5 Å². The van der Waals surface area contributed by atoms with Crippen LogP contribution in [0.1, 0.15) is 23.4 Å². The first-order valence-electron chi connectivity index (χ1n) is 6.46. The number of nitrogens with zero attached hydrogens (tertiary/aromatic N) is 1. The van der Waals surface area contributed by atoms with Gasteiger partial charge in [0.05, 0.1) is 11.7 Å². The standard InChI is InChI=1S/C16H16FNO2S/c1-11(14-7-4-10-21-14)18(2)16-12(8-9-15(19)20)5-3-6-13(16)17/h3-11H,1-2H3,(H,19,20)/b9-8+. The van der Waals surface area contributed by atoms with Gasteiger partial charge in [0.15, 0.2) is 0 Å². The van der Waals surface area contributed by atoms with Crippen LogP contribution >= 0.6 is 11.3 Å². The van der Waals surface area contributed by atoms with Crippen molar-refractivity contribution in [1.29, 1.82) is 0 Å². The lowest BCUT2D eigenvalue weighted by Gasteiger charge is -2.28. The number of aliphatic carboxylic acids is 1. The van der Waals surface area contributed by atoms with E-state index in [1.165, 1.54) is 12.1 Å². The zero-order valence-corrected chi connectivity index (χ0v) is 12.6. The minimum Gasteiger partial charge on any atom is -0.478 e. The second-order valence-electron chi connectivity index (χ2n) is 4.65. The predicted octanol–water partition coefficient (Wildman–Crippen LogP) is 4.18. The summed E-state index contributed by atoms with van der Waals surface area (Å²) >= 11 is 1.61. The summed E-state index contributed by atoms with van der Waals surface area (Å²) < 4.78 is 14.2. The van der Waals surface area contributed by atoms with E-state index in [4.69, 9.17) is 5.11 Å². The molecule has 0 amide bonds. The van der Waals surface area contributed by atoms with Gasteiger partial charge in [-0.2, -0.15) is 0 Å². The van der Waals surface area contributed by atoms with E-state index in [-0.39, 0.29) is 11.9 Å². The van der Waals surface area contributed by atoms with Crippen molar-refractivity contribution in [2.75, 3.05) is 11.9 Å². The highest BCUT2D eigenvalue weighted by Crippen LogP contribution is 2.32. The van der Waals surface area contributed by atoms with Crippen molar-refractivity contribution in [2.24, 2.45) is 0 Å². The van der Waals surface area contributed by atoms with Crippen molar-refractivity contribution < 1.29 is 14.3 Å². The quantitative estimate of drug-likeness (QED) is 0.842. The molecule has 110 valence electrons. The number of hydrogen-bond donors (Lipinski definition) is 1. The summed E-state index contributed by atoms with van der Waals surface area (Å²) in [4.78, 5) is 13.6. The van der Waals surface area contributed by atoms with Crippen LogP contribution in [-0.2, 0) is 4.79 Å². The molecule has 2 aromatic rings. The number of anilines is 1. The van der Waals surface area contributed by atoms with Crippen LogP contribution in [-0.4, -0.2) is 18.1 Å². The van der Waals surface area contributed by atoms with Gasteiger partial charge in [0, 0.05) is 23.6 Å². The molecule has 0 spiro atoms. The Labute approximate surface area is 127 Å². The van der Waals surface area contributed by atoms with Crippen LogP contribution in [0.4, 0.5) is 10.1 Å². The summed E-state index contributed by atoms with van der Waals surface area (Å²) in [5.41, 5.74) is 0.944. The van der Waals surface area contributed by atoms with Gasteiger partial charge in [0.1, 0.15) is 5.82 Å². The number of carbonyl (C=O) groups is 1. The van der Waals surface area contributed by atoms with Gasteiger partial charge in [-0.25, -0.2) is 9.18 Å². The second kappa shape index (κ2) is 6.54. The molecular formula is C16H16FNO2S. The number of rotatable bonds is 5. The Morgan fingerprint density at radius 2 is 2.14 bits per heavy atom. The maximum atomic E-state index is 14.2. The van der Waals surface area contributed by atoms with E-state index in [9.17, 15) is 9.18 Å². The average Bonchev–Trinajstić information content (AvgIpc) is 2.97. The highest BCUT2D eigenvalue weighted by molar-refractivity contribution is 7.10. The molecule has 0 radical (unpaired) electrons. The molecule has 1 aromatic carbocycles. The first kappa shape index (κ1) is 15.3. The lowest BCUT2D eigenvalue weighted by atomic mass is 10.1. The Bertz CT molecular complexity index is 652. The van der Waals surface area contributed by atoms with E-state index >= 15 is 0 Å². The van der Waals surface area contributed by atoms with Crippen molar-refractivity contribution >= 4 is 29.1 Å². The Balaban J connectivity index is 2.40. The second-order valence-corrected chi connectivity index (χ2v) is 5.63. The first-order valence-corrected chi connectivity index (χ1v) is 7.34. The van der Waals surface area contributed by atoms with Crippen molar-refractivity contribution in [2.45, 2.75) is 13.0 Å². The largest absolute Gasteiger partial charge is 0.478 e. The first-order chi connectivity index (χ1) is 10.0. The highest BCUT2D eigenvalue weighted by Gasteiger charge is 2.18. The van der Waals surface area contributed by atoms with E-state index < -0.39 is 5.97 Å². The van der Waals surface area contributed by atoms with Gasteiger partial charge >= 0.3 is 5.97 Å². The average molecular weight is 305 g/mol. The van der Waals surface area contributed by atoms with Gasteiger partial charge in [-0.05, 0) is 30.5 Å². The topological polar surface area (TPSA) is 40.5 Å². The number of benzene rings is 1. The minimum absolute atomic E-state index is 0.00104. The zero-order valence-electron chi connectivity index (χ0n) is 11.8. The van der Waals surface area contributed by atoms with Gasteiger partial charge in [0.2, 0.25) is 0 Å². The Hall–Kier alpha value is -2.14. The summed E-state index contributed by atoms with van der Waals surface area (Å²) in [6, 6.07) is 8.61. The van der Waals surface area contributed by atoms with Crippen LogP contribution < -0.4 is 4.90 Å². The van der Waals surface area contributed by atoms with Crippen LogP contribution in [0.3, 0.4) is 0 Å². The monoisotopic (exact) mass is 305 g/mol. The molecule has 1 heterocycles. The van der Waals surface area contributed by atoms with Crippen LogP contribution in [0.2, 0.25) is 0 Å². The third-order valence-corrected chi connectivity index (χ3v) is 4.35. The molecule has 1 atom stereocenters. The molecule has 2 rings (SSSR count). The summed E-state index contributed by atoms with van der Waals surface area (Å²) in [5.74, 6) is -1.42. The number of carboxylic acids is 1. The smallest absolute Gasteiger partial charge is 0.328 e. The number of para-hydroxylation sites is 1. The molecule has 3 nitrogen and oxygen atoms in total. The normalized spacial score (nSPS) is 12.5. The summed E-state index contributed by atoms with van der Waals surface area (Å²) in [6.07, 6.45) is 2.43. The molecule has 0 saturated carbocycles. The fourth-order valence-electron chi connectivity index (χ4n) is 2.11. The van der Waals surface area contributed by atoms with Crippen LogP contribution in [0, 0.1) is 5.82 Å². The van der Waals surface area contributed by atoms with E-state index in [1.807, 2.05) is 29.3 Å². The molecule has 1 N–H and O–H groups in total. The SMILES string of the molecule is CC(c1cccs1)N(C)c1c(F)cccc1/C=C/C(=O)O. The van der Waals surface area contributed by atoms with Crippen LogP contribution in [0.15, 0.2) is 41.8 Å². The van der Waals surface area contributed by atoms with Crippen molar-refractivity contribution in [3.8, 4) is 0 Å². The van der Waals surface area contributed by atoms with Crippen LogP contribution in [0.25, 0.3) is 6.08 Å². The Morgan fingerprint density at radius 1 is 1.38 bits per heavy atom. The number of halogens is 1. The molecule has 5 heteroatoms. The summed E-state index contributed by atoms with van der Waals surface area (Å²) in [6.45, 7) is 1.99. The predicted molar refractivity (Wildman–Crippen MR) is 84.2 cm³/mol. The Kier molecular flexibility index (Phi) is 4.75. The van der Waals surface area contributed by atoms with E-state index in [0.29, 0.717) is 11.3 Å². The lowest BCUT2D eigenvalue weighted by Crippen LogP contribution is -2.22. The summed E-state index contributed by atoms with van der Waals surface area (Å²) in [7, 11) is 1.81. The van der Waals surface area contributed by atoms with Gasteiger partial charge in [-0.15, -0.1) is 11.3 Å². The maximum Gasteiger partial charge on any atom is 0.328 e. The third-order valence-electron chi connectivity index (χ3n) is 3.31. The molecule has 0 aliphatic rings. The lowest BCUT2D eigenvalue weighted by molar-refractivity contribution is -0.131. The third kappa shape index (κ3) is 3.49. The molecule has 1 unspecified atom stereocenters. The van der Waals surface area contributed by atoms with Crippen molar-refractivity contribution in [3.63, 3.8) is 0 Å².